The normalized spacial score (nSPS) is 10.4. The molecule has 0 radical (unpaired) electrons. The molecule has 0 aliphatic heterocycles. The van der Waals surface area contributed by atoms with Gasteiger partial charge in [0.1, 0.15) is 5.52 Å². The summed E-state index contributed by atoms with van der Waals surface area (Å²) in [4.78, 5) is 11.4. The van der Waals surface area contributed by atoms with Crippen LogP contribution in [0.1, 0.15) is 17.4 Å². The van der Waals surface area contributed by atoms with Gasteiger partial charge in [-0.15, -0.1) is 9.73 Å². The molecule has 0 aliphatic carbocycles. The molecule has 0 aromatic carbocycles. The highest BCUT2D eigenvalue weighted by Gasteiger charge is 2.15. The first kappa shape index (κ1) is 8.61. The molecule has 0 bridgehead atoms. The number of carbonyl (C=O) groups excluding carboxylic acids is 1. The minimum absolute atomic E-state index is 0.194. The molecule has 0 unspecified atom stereocenters. The lowest BCUT2D eigenvalue weighted by molar-refractivity contribution is 0.0521. The molecule has 14 heavy (non-hydrogen) atoms. The van der Waals surface area contributed by atoms with Crippen molar-refractivity contribution < 1.29 is 9.53 Å². The van der Waals surface area contributed by atoms with Gasteiger partial charge in [-0.3, -0.25) is 0 Å². The molecular weight excluding hydrogens is 184 g/mol. The van der Waals surface area contributed by atoms with Gasteiger partial charge in [0.05, 0.1) is 6.61 Å². The Labute approximate surface area is 79.5 Å². The quantitative estimate of drug-likeness (QED) is 0.640. The summed E-state index contributed by atoms with van der Waals surface area (Å²) in [5, 5.41) is 11.2. The van der Waals surface area contributed by atoms with Crippen LogP contribution in [0.2, 0.25) is 0 Å². The number of aromatic nitrogens is 4. The van der Waals surface area contributed by atoms with Gasteiger partial charge in [0.2, 0.25) is 0 Å². The number of esters is 1. The molecule has 0 spiro atoms. The zero-order valence-electron chi connectivity index (χ0n) is 7.54. The molecular formula is C8H8N4O2. The number of fused-ring (bicyclic) bond motifs is 1. The highest BCUT2D eigenvalue weighted by molar-refractivity contribution is 5.94. The minimum atomic E-state index is -0.476. The summed E-state index contributed by atoms with van der Waals surface area (Å²) in [6, 6.07) is 3.42. The van der Waals surface area contributed by atoms with Crippen LogP contribution < -0.4 is 0 Å². The molecule has 6 heteroatoms. The molecule has 0 atom stereocenters. The molecule has 2 aromatic rings. The predicted octanol–water partition coefficient (Wildman–Crippen LogP) is 0.301. The Morgan fingerprint density at radius 2 is 2.50 bits per heavy atom. The van der Waals surface area contributed by atoms with Gasteiger partial charge in [-0.25, -0.2) is 4.79 Å². The Bertz CT molecular complexity index is 465. The Morgan fingerprint density at radius 3 is 3.29 bits per heavy atom. The van der Waals surface area contributed by atoms with E-state index in [2.05, 4.69) is 15.4 Å². The summed E-state index contributed by atoms with van der Waals surface area (Å²) in [7, 11) is 0. The second-order valence-corrected chi connectivity index (χ2v) is 2.56. The second kappa shape index (κ2) is 3.41. The average molecular weight is 192 g/mol. The van der Waals surface area contributed by atoms with Gasteiger partial charge in [-0.05, 0) is 24.3 Å². The molecule has 6 nitrogen and oxygen atoms in total. The van der Waals surface area contributed by atoms with Crippen molar-refractivity contribution in [2.24, 2.45) is 0 Å². The predicted molar refractivity (Wildman–Crippen MR) is 46.7 cm³/mol. The summed E-state index contributed by atoms with van der Waals surface area (Å²) in [6.07, 6.45) is 1.57. The maximum atomic E-state index is 11.4. The maximum absolute atomic E-state index is 11.4. The third-order valence-electron chi connectivity index (χ3n) is 1.67. The van der Waals surface area contributed by atoms with Crippen LogP contribution in [0.25, 0.3) is 5.52 Å². The molecule has 0 fully saturated rings. The van der Waals surface area contributed by atoms with Crippen molar-refractivity contribution in [3.63, 3.8) is 0 Å². The number of hydrogen-bond donors (Lipinski definition) is 0. The summed E-state index contributed by atoms with van der Waals surface area (Å²) in [5.74, 6) is -0.476. The molecule has 2 heterocycles. The molecule has 2 rings (SSSR count). The van der Waals surface area contributed by atoms with Crippen molar-refractivity contribution in [3.05, 3.63) is 24.0 Å². The lowest BCUT2D eigenvalue weighted by Gasteiger charge is -1.96. The van der Waals surface area contributed by atoms with E-state index in [1.54, 1.807) is 25.3 Å². The second-order valence-electron chi connectivity index (χ2n) is 2.56. The van der Waals surface area contributed by atoms with Crippen molar-refractivity contribution >= 4 is 11.5 Å². The smallest absolute Gasteiger partial charge is 0.361 e. The first-order valence-corrected chi connectivity index (χ1v) is 4.16. The summed E-state index contributed by atoms with van der Waals surface area (Å²) < 4.78 is 6.10. The number of carbonyl (C=O) groups is 1. The van der Waals surface area contributed by atoms with Crippen LogP contribution in [0.3, 0.4) is 0 Å². The minimum Gasteiger partial charge on any atom is -0.461 e. The average Bonchev–Trinajstić information content (AvgIpc) is 2.61. The van der Waals surface area contributed by atoms with Crippen molar-refractivity contribution in [1.29, 1.82) is 0 Å². The standard InChI is InChI=1S/C8H8N4O2/c1-2-14-8(13)7-6-4-3-5-9-12(6)11-10-7/h3-5H,2H2,1H3. The van der Waals surface area contributed by atoms with Crippen LogP contribution in [0, 0.1) is 0 Å². The Kier molecular flexibility index (Phi) is 2.10. The lowest BCUT2D eigenvalue weighted by Crippen LogP contribution is -2.05. The van der Waals surface area contributed by atoms with Crippen molar-refractivity contribution in [3.8, 4) is 0 Å². The lowest BCUT2D eigenvalue weighted by atomic mass is 10.3. The summed E-state index contributed by atoms with van der Waals surface area (Å²) in [6.45, 7) is 2.06. The van der Waals surface area contributed by atoms with Crippen LogP contribution in [-0.2, 0) is 4.74 Å². The highest BCUT2D eigenvalue weighted by atomic mass is 16.5. The third kappa shape index (κ3) is 1.30. The molecule has 2 aromatic heterocycles. The van der Waals surface area contributed by atoms with Crippen molar-refractivity contribution in [1.82, 2.24) is 20.0 Å². The zero-order chi connectivity index (χ0) is 9.97. The van der Waals surface area contributed by atoms with Gasteiger partial charge in [0.15, 0.2) is 5.69 Å². The fraction of sp³-hybridized carbons (Fsp3) is 0.250. The van der Waals surface area contributed by atoms with Crippen LogP contribution in [0.4, 0.5) is 0 Å². The van der Waals surface area contributed by atoms with Crippen LogP contribution in [-0.4, -0.2) is 32.6 Å². The van der Waals surface area contributed by atoms with Crippen LogP contribution in [0.15, 0.2) is 18.3 Å². The molecule has 0 amide bonds. The summed E-state index contributed by atoms with van der Waals surface area (Å²) >= 11 is 0. The van der Waals surface area contributed by atoms with Crippen LogP contribution >= 0.6 is 0 Å². The van der Waals surface area contributed by atoms with E-state index in [1.807, 2.05) is 0 Å². The molecule has 0 saturated heterocycles. The number of nitrogens with zero attached hydrogens (tertiary/aromatic N) is 4. The highest BCUT2D eigenvalue weighted by Crippen LogP contribution is 2.06. The molecule has 0 saturated carbocycles. The molecule has 0 aliphatic rings. The van der Waals surface area contributed by atoms with E-state index < -0.39 is 5.97 Å². The topological polar surface area (TPSA) is 69.4 Å². The Balaban J connectivity index is 2.47. The number of hydrogen-bond acceptors (Lipinski definition) is 5. The van der Waals surface area contributed by atoms with Gasteiger partial charge in [0.25, 0.3) is 0 Å². The Hall–Kier alpha value is -1.98. The zero-order valence-corrected chi connectivity index (χ0v) is 7.54. The van der Waals surface area contributed by atoms with E-state index in [0.29, 0.717) is 12.1 Å². The molecule has 72 valence electrons. The molecule has 0 N–H and O–H groups in total. The van der Waals surface area contributed by atoms with Gasteiger partial charge in [-0.2, -0.15) is 5.10 Å². The van der Waals surface area contributed by atoms with E-state index in [9.17, 15) is 4.79 Å². The van der Waals surface area contributed by atoms with E-state index in [1.165, 1.54) is 4.63 Å². The monoisotopic (exact) mass is 192 g/mol. The number of ether oxygens (including phenoxy) is 1. The fourth-order valence-electron chi connectivity index (χ4n) is 1.09. The number of rotatable bonds is 2. The van der Waals surface area contributed by atoms with Gasteiger partial charge in [0, 0.05) is 6.20 Å². The van der Waals surface area contributed by atoms with E-state index in [-0.39, 0.29) is 5.69 Å². The third-order valence-corrected chi connectivity index (χ3v) is 1.67. The first-order chi connectivity index (χ1) is 6.83. The van der Waals surface area contributed by atoms with E-state index >= 15 is 0 Å². The van der Waals surface area contributed by atoms with Crippen molar-refractivity contribution in [2.75, 3.05) is 6.61 Å². The van der Waals surface area contributed by atoms with Gasteiger partial charge < -0.3 is 4.74 Å². The Morgan fingerprint density at radius 1 is 1.64 bits per heavy atom. The first-order valence-electron chi connectivity index (χ1n) is 4.16. The SMILES string of the molecule is CCOC(=O)c1nnn2ncccc12. The largest absolute Gasteiger partial charge is 0.461 e. The fourth-order valence-corrected chi connectivity index (χ4v) is 1.09. The van der Waals surface area contributed by atoms with E-state index in [4.69, 9.17) is 4.74 Å². The maximum Gasteiger partial charge on any atom is 0.361 e. The van der Waals surface area contributed by atoms with Crippen molar-refractivity contribution in [2.45, 2.75) is 6.92 Å². The summed E-state index contributed by atoms with van der Waals surface area (Å²) in [5.41, 5.74) is 0.742. The van der Waals surface area contributed by atoms with Crippen LogP contribution in [0.5, 0.6) is 0 Å². The van der Waals surface area contributed by atoms with Gasteiger partial charge in [-0.1, -0.05) is 0 Å². The van der Waals surface area contributed by atoms with Gasteiger partial charge >= 0.3 is 5.97 Å². The van der Waals surface area contributed by atoms with E-state index in [0.717, 1.165) is 0 Å².